The quantitative estimate of drug-likeness (QED) is 0.479. The summed E-state index contributed by atoms with van der Waals surface area (Å²) in [5.74, 6) is 1.96. The number of nitrogens with two attached hydrogens (primary N) is 1. The average molecular weight is 469 g/mol. The van der Waals surface area contributed by atoms with Gasteiger partial charge in [-0.3, -0.25) is 14.8 Å². The fourth-order valence-electron chi connectivity index (χ4n) is 3.93. The van der Waals surface area contributed by atoms with E-state index in [-0.39, 0.29) is 24.0 Å². The van der Waals surface area contributed by atoms with Gasteiger partial charge in [0, 0.05) is 11.6 Å². The first-order valence-electron chi connectivity index (χ1n) is 10.3. The van der Waals surface area contributed by atoms with Crippen LogP contribution in [0, 0.1) is 11.3 Å². The number of ether oxygens (including phenoxy) is 1. The lowest BCUT2D eigenvalue weighted by Crippen LogP contribution is -2.39. The smallest absolute Gasteiger partial charge is 0.231 e. The normalized spacial score (nSPS) is 14.2. The van der Waals surface area contributed by atoms with E-state index >= 15 is 0 Å². The van der Waals surface area contributed by atoms with Gasteiger partial charge in [-0.1, -0.05) is 6.07 Å². The number of aromatic amines is 1. The van der Waals surface area contributed by atoms with Gasteiger partial charge in [0.2, 0.25) is 5.91 Å². The Kier molecular flexibility index (Phi) is 7.82. The van der Waals surface area contributed by atoms with Gasteiger partial charge < -0.3 is 15.8 Å². The van der Waals surface area contributed by atoms with Gasteiger partial charge in [0.15, 0.2) is 11.5 Å². The maximum absolute atomic E-state index is 11.1. The van der Waals surface area contributed by atoms with Crippen LogP contribution in [0.3, 0.4) is 0 Å². The molecular weight excluding hydrogens is 444 g/mol. The average Bonchev–Trinajstić information content (AvgIpc) is 3.27. The van der Waals surface area contributed by atoms with Crippen molar-refractivity contribution in [2.45, 2.75) is 18.8 Å². The standard InChI is InChI=1S/C22H24N8O2.ClH/c1-32-19-8-15(14-4-6-30(7-5-14)13-20(24)31)2-3-17(19)18-9-21(29-28-18)27-22-12-25-16(10-23)11-26-22;/h2-3,8-9,11-12,14H,4-7,13H2,1H3,(H2,24,31)(H2,26,27,28,29);1H. The second-order valence-electron chi connectivity index (χ2n) is 7.67. The third-order valence-electron chi connectivity index (χ3n) is 5.55. The van der Waals surface area contributed by atoms with Crippen LogP contribution >= 0.6 is 12.4 Å². The zero-order valence-electron chi connectivity index (χ0n) is 18.1. The number of halogens is 1. The summed E-state index contributed by atoms with van der Waals surface area (Å²) >= 11 is 0. The van der Waals surface area contributed by atoms with Crippen LogP contribution in [0.2, 0.25) is 0 Å². The van der Waals surface area contributed by atoms with Gasteiger partial charge in [0.1, 0.15) is 17.6 Å². The van der Waals surface area contributed by atoms with Crippen LogP contribution in [-0.2, 0) is 4.79 Å². The van der Waals surface area contributed by atoms with Crippen molar-refractivity contribution in [3.8, 4) is 23.1 Å². The van der Waals surface area contributed by atoms with E-state index in [1.54, 1.807) is 7.11 Å². The summed E-state index contributed by atoms with van der Waals surface area (Å²) < 4.78 is 5.67. The summed E-state index contributed by atoms with van der Waals surface area (Å²) in [5, 5.41) is 19.2. The number of carbonyl (C=O) groups is 1. The summed E-state index contributed by atoms with van der Waals surface area (Å²) in [6.45, 7) is 2.02. The minimum Gasteiger partial charge on any atom is -0.496 e. The molecule has 1 aliphatic heterocycles. The molecule has 3 aromatic rings. The Morgan fingerprint density at radius 1 is 1.27 bits per heavy atom. The first-order chi connectivity index (χ1) is 15.6. The minimum atomic E-state index is -0.283. The van der Waals surface area contributed by atoms with Gasteiger partial charge in [-0.2, -0.15) is 10.4 Å². The van der Waals surface area contributed by atoms with E-state index in [1.807, 2.05) is 18.2 Å². The predicted molar refractivity (Wildman–Crippen MR) is 125 cm³/mol. The molecule has 172 valence electrons. The van der Waals surface area contributed by atoms with Gasteiger partial charge in [0.05, 0.1) is 31.7 Å². The molecule has 1 aliphatic rings. The molecule has 2 aromatic heterocycles. The lowest BCUT2D eigenvalue weighted by Gasteiger charge is -2.31. The third-order valence-corrected chi connectivity index (χ3v) is 5.55. The topological polar surface area (TPSA) is 146 Å². The number of primary amides is 1. The second-order valence-corrected chi connectivity index (χ2v) is 7.67. The van der Waals surface area contributed by atoms with Crippen molar-refractivity contribution in [2.75, 3.05) is 32.1 Å². The van der Waals surface area contributed by atoms with Crippen LogP contribution in [0.5, 0.6) is 5.75 Å². The Bertz CT molecular complexity index is 1130. The number of aromatic nitrogens is 4. The number of amides is 1. The molecule has 10 nitrogen and oxygen atoms in total. The van der Waals surface area contributed by atoms with E-state index in [2.05, 4.69) is 42.5 Å². The van der Waals surface area contributed by atoms with E-state index in [1.165, 1.54) is 18.0 Å². The number of nitrogens with one attached hydrogen (secondary N) is 2. The highest BCUT2D eigenvalue weighted by atomic mass is 35.5. The van der Waals surface area contributed by atoms with Gasteiger partial charge in [0.25, 0.3) is 0 Å². The maximum atomic E-state index is 11.1. The van der Waals surface area contributed by atoms with Crippen LogP contribution < -0.4 is 15.8 Å². The molecule has 0 spiro atoms. The number of carbonyl (C=O) groups excluding carboxylic acids is 1. The zero-order chi connectivity index (χ0) is 22.5. The van der Waals surface area contributed by atoms with Crippen LogP contribution in [0.25, 0.3) is 11.3 Å². The number of nitriles is 1. The second kappa shape index (κ2) is 10.8. The number of benzene rings is 1. The number of hydrogen-bond donors (Lipinski definition) is 3. The molecule has 0 saturated carbocycles. The summed E-state index contributed by atoms with van der Waals surface area (Å²) in [4.78, 5) is 21.4. The van der Waals surface area contributed by atoms with Crippen LogP contribution in [0.1, 0.15) is 30.0 Å². The number of anilines is 2. The van der Waals surface area contributed by atoms with Gasteiger partial charge in [-0.25, -0.2) is 9.97 Å². The Morgan fingerprint density at radius 3 is 2.70 bits per heavy atom. The Hall–Kier alpha value is -3.68. The molecule has 3 heterocycles. The fraction of sp³-hybridized carbons (Fsp3) is 0.318. The predicted octanol–water partition coefficient (Wildman–Crippen LogP) is 2.58. The van der Waals surface area contributed by atoms with Crippen molar-refractivity contribution in [1.29, 1.82) is 5.26 Å². The molecule has 1 amide bonds. The van der Waals surface area contributed by atoms with Crippen LogP contribution in [-0.4, -0.2) is 57.7 Å². The van der Waals surface area contributed by atoms with Crippen molar-refractivity contribution in [2.24, 2.45) is 5.73 Å². The fourth-order valence-corrected chi connectivity index (χ4v) is 3.93. The van der Waals surface area contributed by atoms with E-state index in [0.717, 1.165) is 42.9 Å². The molecule has 0 unspecified atom stereocenters. The molecule has 0 aliphatic carbocycles. The lowest BCUT2D eigenvalue weighted by molar-refractivity contribution is -0.119. The molecule has 0 radical (unpaired) electrons. The summed E-state index contributed by atoms with van der Waals surface area (Å²) in [7, 11) is 1.65. The summed E-state index contributed by atoms with van der Waals surface area (Å²) in [6.07, 6.45) is 4.83. The van der Waals surface area contributed by atoms with Crippen LogP contribution in [0.4, 0.5) is 11.6 Å². The number of methoxy groups -OCH3 is 1. The SMILES string of the molecule is COc1cc(C2CCN(CC(N)=O)CC2)ccc1-c1cc(Nc2cnc(C#N)cn2)n[nH]1.Cl. The summed E-state index contributed by atoms with van der Waals surface area (Å²) in [5.41, 5.74) is 8.47. The molecule has 11 heteroatoms. The molecular formula is C22H25ClN8O2. The lowest BCUT2D eigenvalue weighted by atomic mass is 9.88. The molecule has 4 rings (SSSR count). The van der Waals surface area contributed by atoms with Crippen molar-refractivity contribution in [3.05, 3.63) is 47.9 Å². The number of rotatable bonds is 7. The molecule has 0 atom stereocenters. The minimum absolute atomic E-state index is 0. The highest BCUT2D eigenvalue weighted by Gasteiger charge is 2.22. The Labute approximate surface area is 197 Å². The first-order valence-corrected chi connectivity index (χ1v) is 10.3. The van der Waals surface area contributed by atoms with E-state index < -0.39 is 0 Å². The van der Waals surface area contributed by atoms with Crippen molar-refractivity contribution in [3.63, 3.8) is 0 Å². The molecule has 1 fully saturated rings. The number of nitrogens with zero attached hydrogens (tertiary/aromatic N) is 5. The Morgan fingerprint density at radius 2 is 2.06 bits per heavy atom. The number of hydrogen-bond acceptors (Lipinski definition) is 8. The molecule has 0 bridgehead atoms. The number of H-pyrrole nitrogens is 1. The van der Waals surface area contributed by atoms with Crippen molar-refractivity contribution >= 4 is 29.9 Å². The zero-order valence-corrected chi connectivity index (χ0v) is 18.9. The van der Waals surface area contributed by atoms with E-state index in [4.69, 9.17) is 15.7 Å². The van der Waals surface area contributed by atoms with Crippen LogP contribution in [0.15, 0.2) is 36.7 Å². The molecule has 4 N–H and O–H groups in total. The molecule has 33 heavy (non-hydrogen) atoms. The van der Waals surface area contributed by atoms with Crippen molar-refractivity contribution in [1.82, 2.24) is 25.1 Å². The highest BCUT2D eigenvalue weighted by Crippen LogP contribution is 2.36. The molecule has 1 aromatic carbocycles. The highest BCUT2D eigenvalue weighted by molar-refractivity contribution is 5.85. The van der Waals surface area contributed by atoms with E-state index in [0.29, 0.717) is 24.1 Å². The van der Waals surface area contributed by atoms with Crippen molar-refractivity contribution < 1.29 is 9.53 Å². The monoisotopic (exact) mass is 468 g/mol. The summed E-state index contributed by atoms with van der Waals surface area (Å²) in [6, 6.07) is 10.0. The maximum Gasteiger partial charge on any atom is 0.231 e. The third kappa shape index (κ3) is 5.77. The van der Waals surface area contributed by atoms with Gasteiger partial charge in [-0.15, -0.1) is 12.4 Å². The Balaban J connectivity index is 0.00000306. The van der Waals surface area contributed by atoms with Gasteiger partial charge in [-0.05, 0) is 49.5 Å². The molecule has 1 saturated heterocycles. The number of piperidine rings is 1. The first kappa shape index (κ1) is 24.0. The largest absolute Gasteiger partial charge is 0.496 e. The van der Waals surface area contributed by atoms with Gasteiger partial charge >= 0.3 is 0 Å². The van der Waals surface area contributed by atoms with E-state index in [9.17, 15) is 4.79 Å². The number of likely N-dealkylation sites (tertiary alicyclic amines) is 1.